The highest BCUT2D eigenvalue weighted by Gasteiger charge is 2.27. The monoisotopic (exact) mass is 491 g/mol. The lowest BCUT2D eigenvalue weighted by molar-refractivity contribution is 0.475. The molecule has 0 fully saturated rings. The molecule has 1 aliphatic heterocycles. The lowest BCUT2D eigenvalue weighted by Gasteiger charge is -2.26. The predicted octanol–water partition coefficient (Wildman–Crippen LogP) is 8.76. The van der Waals surface area contributed by atoms with Gasteiger partial charge in [-0.25, -0.2) is 0 Å². The standard InChI is InChI=1S/C31H42ClN3/c1-8-10-11-12-19-33-30-20-25(32)14-17-28(30)24(6)34(7)26-15-13-23(5)35(9-2)31-21-29(31)27(18-16-26)22(3)4/h13-18,20-22,33H,6,8-12,19H2,1-5,7H3/b18-16+,23-13+,26-15+,29-27-. The normalized spacial score (nSPS) is 21.4. The van der Waals surface area contributed by atoms with Gasteiger partial charge in [-0.2, -0.15) is 0 Å². The van der Waals surface area contributed by atoms with E-state index in [0.29, 0.717) is 5.92 Å². The van der Waals surface area contributed by atoms with Crippen molar-refractivity contribution in [3.63, 3.8) is 0 Å². The number of rotatable bonds is 11. The van der Waals surface area contributed by atoms with Crippen LogP contribution in [-0.2, 0) is 0 Å². The summed E-state index contributed by atoms with van der Waals surface area (Å²) in [5, 5.41) is 4.34. The average molecular weight is 492 g/mol. The van der Waals surface area contributed by atoms with Gasteiger partial charge in [0.1, 0.15) is 0 Å². The van der Waals surface area contributed by atoms with Crippen LogP contribution >= 0.6 is 11.6 Å². The van der Waals surface area contributed by atoms with Gasteiger partial charge in [0.2, 0.25) is 0 Å². The fraction of sp³-hybridized carbons (Fsp3) is 0.419. The van der Waals surface area contributed by atoms with Gasteiger partial charge in [0.15, 0.2) is 0 Å². The zero-order valence-corrected chi connectivity index (χ0v) is 23.2. The predicted molar refractivity (Wildman–Crippen MR) is 154 cm³/mol. The summed E-state index contributed by atoms with van der Waals surface area (Å²) in [4.78, 5) is 4.56. The van der Waals surface area contributed by atoms with E-state index in [-0.39, 0.29) is 0 Å². The first kappa shape index (κ1) is 26.9. The van der Waals surface area contributed by atoms with Crippen molar-refractivity contribution >= 4 is 23.0 Å². The molecule has 3 rings (SSSR count). The third-order valence-electron chi connectivity index (χ3n) is 6.80. The number of fused-ring (bicyclic) bond motifs is 1. The van der Waals surface area contributed by atoms with E-state index in [1.165, 1.54) is 41.8 Å². The van der Waals surface area contributed by atoms with E-state index >= 15 is 0 Å². The molecule has 0 saturated carbocycles. The minimum atomic E-state index is 0.451. The molecular formula is C31H42ClN3. The molecule has 0 amide bonds. The molecule has 0 bridgehead atoms. The van der Waals surface area contributed by atoms with Crippen molar-refractivity contribution in [1.82, 2.24) is 9.80 Å². The minimum absolute atomic E-state index is 0.451. The number of unbranched alkanes of at least 4 members (excludes halogenated alkanes) is 3. The SMILES string of the molecule is C=C(c1ccc(Cl)cc1NCCCCCC)N(C)C1=C/C=C(\C)N(CC)C2=CC/2=C(C(C)C)\C=C\1. The number of likely N-dealkylation sites (N-methyl/N-ethyl adjacent to an activating group) is 2. The number of halogens is 1. The van der Waals surface area contributed by atoms with Gasteiger partial charge in [-0.1, -0.05) is 64.3 Å². The number of hydrogen-bond donors (Lipinski definition) is 1. The van der Waals surface area contributed by atoms with E-state index in [1.54, 1.807) is 0 Å². The Hall–Kier alpha value is -2.65. The molecule has 2 aliphatic rings. The Balaban J connectivity index is 1.89. The van der Waals surface area contributed by atoms with E-state index in [9.17, 15) is 0 Å². The molecule has 0 atom stereocenters. The van der Waals surface area contributed by atoms with Crippen LogP contribution in [0.5, 0.6) is 0 Å². The van der Waals surface area contributed by atoms with Crippen LogP contribution in [0.1, 0.15) is 65.9 Å². The number of benzene rings is 1. The maximum atomic E-state index is 6.36. The van der Waals surface area contributed by atoms with Gasteiger partial charge in [0.25, 0.3) is 0 Å². The zero-order chi connectivity index (χ0) is 25.5. The molecule has 1 N–H and O–H groups in total. The van der Waals surface area contributed by atoms with Crippen LogP contribution in [-0.4, -0.2) is 29.9 Å². The van der Waals surface area contributed by atoms with Crippen molar-refractivity contribution < 1.29 is 0 Å². The van der Waals surface area contributed by atoms with Gasteiger partial charge < -0.3 is 15.1 Å². The zero-order valence-electron chi connectivity index (χ0n) is 22.4. The summed E-state index contributed by atoms with van der Waals surface area (Å²) >= 11 is 6.36. The molecule has 0 radical (unpaired) electrons. The van der Waals surface area contributed by atoms with Crippen molar-refractivity contribution in [3.05, 3.63) is 94.0 Å². The first-order valence-electron chi connectivity index (χ1n) is 13.0. The van der Waals surface area contributed by atoms with Crippen LogP contribution in [0.15, 0.2) is 83.4 Å². The lowest BCUT2D eigenvalue weighted by Crippen LogP contribution is -2.18. The Morgan fingerprint density at radius 2 is 1.89 bits per heavy atom. The van der Waals surface area contributed by atoms with Gasteiger partial charge in [-0.15, -0.1) is 0 Å². The maximum absolute atomic E-state index is 6.36. The lowest BCUT2D eigenvalue weighted by atomic mass is 9.99. The molecule has 0 saturated heterocycles. The summed E-state index contributed by atoms with van der Waals surface area (Å²) in [6.45, 7) is 17.5. The first-order chi connectivity index (χ1) is 16.8. The van der Waals surface area contributed by atoms with Crippen molar-refractivity contribution in [2.24, 2.45) is 5.92 Å². The van der Waals surface area contributed by atoms with E-state index in [4.69, 9.17) is 11.6 Å². The summed E-state index contributed by atoms with van der Waals surface area (Å²) in [6.07, 6.45) is 16.1. The van der Waals surface area contributed by atoms with Crippen LogP contribution in [0.4, 0.5) is 5.69 Å². The number of nitrogens with one attached hydrogen (secondary N) is 1. The molecule has 4 heteroatoms. The van der Waals surface area contributed by atoms with Crippen molar-refractivity contribution in [2.45, 2.75) is 60.3 Å². The summed E-state index contributed by atoms with van der Waals surface area (Å²) < 4.78 is 0. The van der Waals surface area contributed by atoms with Gasteiger partial charge in [-0.05, 0) is 74.3 Å². The second-order valence-corrected chi connectivity index (χ2v) is 10.1. The summed E-state index contributed by atoms with van der Waals surface area (Å²) in [5.74, 6) is 0.451. The summed E-state index contributed by atoms with van der Waals surface area (Å²) in [5.41, 5.74) is 9.48. The molecule has 1 aromatic rings. The van der Waals surface area contributed by atoms with Gasteiger partial charge in [0.05, 0.1) is 0 Å². The van der Waals surface area contributed by atoms with Crippen LogP contribution in [0, 0.1) is 5.92 Å². The molecule has 1 aromatic carbocycles. The van der Waals surface area contributed by atoms with Crippen LogP contribution in [0.2, 0.25) is 5.02 Å². The number of hydrogen-bond acceptors (Lipinski definition) is 3. The van der Waals surface area contributed by atoms with Crippen molar-refractivity contribution in [2.75, 3.05) is 25.5 Å². The Bertz CT molecular complexity index is 1080. The van der Waals surface area contributed by atoms with Gasteiger partial charge >= 0.3 is 0 Å². The largest absolute Gasteiger partial charge is 0.384 e. The average Bonchev–Trinajstić information content (AvgIpc) is 3.60. The Morgan fingerprint density at radius 1 is 1.11 bits per heavy atom. The highest BCUT2D eigenvalue weighted by Crippen LogP contribution is 2.40. The highest BCUT2D eigenvalue weighted by atomic mass is 35.5. The van der Waals surface area contributed by atoms with Crippen LogP contribution < -0.4 is 5.32 Å². The smallest absolute Gasteiger partial charge is 0.0492 e. The third-order valence-corrected chi connectivity index (χ3v) is 7.03. The topological polar surface area (TPSA) is 18.5 Å². The van der Waals surface area contributed by atoms with Crippen LogP contribution in [0.25, 0.3) is 5.70 Å². The fourth-order valence-corrected chi connectivity index (χ4v) is 4.71. The van der Waals surface area contributed by atoms with Gasteiger partial charge in [-0.3, -0.25) is 0 Å². The Morgan fingerprint density at radius 3 is 2.57 bits per heavy atom. The summed E-state index contributed by atoms with van der Waals surface area (Å²) in [7, 11) is 2.09. The summed E-state index contributed by atoms with van der Waals surface area (Å²) in [6, 6.07) is 6.03. The second-order valence-electron chi connectivity index (χ2n) is 9.71. The second kappa shape index (κ2) is 12.4. The fourth-order valence-electron chi connectivity index (χ4n) is 4.53. The number of anilines is 1. The third kappa shape index (κ3) is 6.73. The molecular weight excluding hydrogens is 450 g/mol. The molecule has 35 heavy (non-hydrogen) atoms. The first-order valence-corrected chi connectivity index (χ1v) is 13.4. The number of nitrogens with zero attached hydrogens (tertiary/aromatic N) is 2. The van der Waals surface area contributed by atoms with E-state index < -0.39 is 0 Å². The van der Waals surface area contributed by atoms with E-state index in [2.05, 4.69) is 99.8 Å². The van der Waals surface area contributed by atoms with E-state index in [0.717, 1.165) is 47.2 Å². The van der Waals surface area contributed by atoms with Crippen LogP contribution in [0.3, 0.4) is 0 Å². The molecule has 1 heterocycles. The Kier molecular flexibility index (Phi) is 9.51. The van der Waals surface area contributed by atoms with Crippen molar-refractivity contribution in [1.29, 1.82) is 0 Å². The number of allylic oxidation sites excluding steroid dienone is 8. The molecule has 0 spiro atoms. The minimum Gasteiger partial charge on any atom is -0.384 e. The van der Waals surface area contributed by atoms with E-state index in [1.807, 2.05) is 12.1 Å². The maximum Gasteiger partial charge on any atom is 0.0492 e. The molecule has 0 unspecified atom stereocenters. The highest BCUT2D eigenvalue weighted by molar-refractivity contribution is 6.31. The molecule has 1 aliphatic carbocycles. The Labute approximate surface area is 218 Å². The molecule has 3 nitrogen and oxygen atoms in total. The molecule has 0 aromatic heterocycles. The quantitative estimate of drug-likeness (QED) is 0.312. The molecule has 188 valence electrons. The van der Waals surface area contributed by atoms with Gasteiger partial charge in [0, 0.05) is 64.8 Å². The van der Waals surface area contributed by atoms with Crippen molar-refractivity contribution in [3.8, 4) is 0 Å².